The van der Waals surface area contributed by atoms with Crippen molar-refractivity contribution in [1.82, 2.24) is 15.2 Å². The zero-order chi connectivity index (χ0) is 28.9. The summed E-state index contributed by atoms with van der Waals surface area (Å²) in [6, 6.07) is 14.1. The standard InChI is InChI=1S/C32H42FN3O4/c1-6-12-36(5)13-14-39-31-19-28(38-7-2)10-11-30(31)25-8-9-27(34-21-25)18-32(37)35-20-24-15-26(33)17-29(16-24)40-22-23(3)4/h8-11,15-17,19,21,23H,6-7,12-14,18,20,22H2,1-5H3,(H,35,37). The average molecular weight is 552 g/mol. The predicted octanol–water partition coefficient (Wildman–Crippen LogP) is 5.90. The minimum atomic E-state index is -0.395. The van der Waals surface area contributed by atoms with E-state index in [9.17, 15) is 9.18 Å². The molecule has 1 amide bonds. The summed E-state index contributed by atoms with van der Waals surface area (Å²) in [6.07, 6.45) is 2.96. The molecule has 0 aliphatic heterocycles. The number of rotatable bonds is 16. The van der Waals surface area contributed by atoms with E-state index in [-0.39, 0.29) is 18.9 Å². The van der Waals surface area contributed by atoms with Gasteiger partial charge in [-0.1, -0.05) is 26.8 Å². The molecule has 0 aliphatic carbocycles. The van der Waals surface area contributed by atoms with Gasteiger partial charge in [-0.3, -0.25) is 9.78 Å². The maximum atomic E-state index is 14.0. The van der Waals surface area contributed by atoms with E-state index in [1.807, 2.05) is 51.1 Å². The van der Waals surface area contributed by atoms with E-state index in [0.717, 1.165) is 42.1 Å². The number of carbonyl (C=O) groups is 1. The first kappa shape index (κ1) is 30.9. The molecule has 0 bridgehead atoms. The second kappa shape index (κ2) is 15.8. The van der Waals surface area contributed by atoms with Gasteiger partial charge in [-0.25, -0.2) is 4.39 Å². The SMILES string of the molecule is CCCN(C)CCOc1cc(OCC)ccc1-c1ccc(CC(=O)NCc2cc(F)cc(OCC(C)C)c2)nc1. The summed E-state index contributed by atoms with van der Waals surface area (Å²) in [5.74, 6) is 1.68. The molecule has 1 N–H and O–H groups in total. The highest BCUT2D eigenvalue weighted by atomic mass is 19.1. The fourth-order valence-corrected chi connectivity index (χ4v) is 4.11. The van der Waals surface area contributed by atoms with Crippen LogP contribution < -0.4 is 19.5 Å². The summed E-state index contributed by atoms with van der Waals surface area (Å²) in [4.78, 5) is 19.3. The van der Waals surface area contributed by atoms with Gasteiger partial charge in [-0.05, 0) is 68.8 Å². The first-order valence-corrected chi connectivity index (χ1v) is 14.0. The Morgan fingerprint density at radius 1 is 1.00 bits per heavy atom. The van der Waals surface area contributed by atoms with Crippen LogP contribution in [0.1, 0.15) is 45.4 Å². The molecule has 0 saturated carbocycles. The lowest BCUT2D eigenvalue weighted by atomic mass is 10.1. The molecule has 0 atom stereocenters. The molecule has 0 aliphatic rings. The predicted molar refractivity (Wildman–Crippen MR) is 156 cm³/mol. The fraction of sp³-hybridized carbons (Fsp3) is 0.438. The molecule has 40 heavy (non-hydrogen) atoms. The summed E-state index contributed by atoms with van der Waals surface area (Å²) in [5, 5.41) is 2.84. The van der Waals surface area contributed by atoms with Gasteiger partial charge in [0.2, 0.25) is 5.91 Å². The molecule has 1 aromatic heterocycles. The quantitative estimate of drug-likeness (QED) is 0.239. The molecular weight excluding hydrogens is 509 g/mol. The molecule has 3 rings (SSSR count). The van der Waals surface area contributed by atoms with Crippen molar-refractivity contribution < 1.29 is 23.4 Å². The van der Waals surface area contributed by atoms with Gasteiger partial charge in [-0.2, -0.15) is 0 Å². The van der Waals surface area contributed by atoms with E-state index in [1.54, 1.807) is 12.3 Å². The van der Waals surface area contributed by atoms with E-state index in [1.165, 1.54) is 12.1 Å². The monoisotopic (exact) mass is 551 g/mol. The number of hydrogen-bond acceptors (Lipinski definition) is 6. The van der Waals surface area contributed by atoms with Crippen LogP contribution >= 0.6 is 0 Å². The number of amides is 1. The zero-order valence-electron chi connectivity index (χ0n) is 24.3. The van der Waals surface area contributed by atoms with E-state index in [2.05, 4.69) is 29.2 Å². The molecule has 0 spiro atoms. The molecule has 7 nitrogen and oxygen atoms in total. The lowest BCUT2D eigenvalue weighted by Gasteiger charge is -2.18. The maximum Gasteiger partial charge on any atom is 0.226 e. The van der Waals surface area contributed by atoms with E-state index in [0.29, 0.717) is 42.7 Å². The smallest absolute Gasteiger partial charge is 0.226 e. The van der Waals surface area contributed by atoms with Gasteiger partial charge >= 0.3 is 0 Å². The van der Waals surface area contributed by atoms with Crippen LogP contribution in [0.2, 0.25) is 0 Å². The second-order valence-corrected chi connectivity index (χ2v) is 10.2. The molecule has 2 aromatic carbocycles. The van der Waals surface area contributed by atoms with Crippen LogP contribution in [-0.2, 0) is 17.8 Å². The molecule has 216 valence electrons. The Balaban J connectivity index is 1.62. The third-order valence-corrected chi connectivity index (χ3v) is 6.08. The Bertz CT molecular complexity index is 1220. The summed E-state index contributed by atoms with van der Waals surface area (Å²) >= 11 is 0. The van der Waals surface area contributed by atoms with Gasteiger partial charge in [0.1, 0.15) is 29.7 Å². The van der Waals surface area contributed by atoms with Crippen molar-refractivity contribution in [3.63, 3.8) is 0 Å². The largest absolute Gasteiger partial charge is 0.494 e. The number of halogens is 1. The van der Waals surface area contributed by atoms with Crippen molar-refractivity contribution in [2.45, 2.75) is 47.1 Å². The Kier molecular flexibility index (Phi) is 12.2. The Labute approximate surface area is 237 Å². The van der Waals surface area contributed by atoms with Gasteiger partial charge in [-0.15, -0.1) is 0 Å². The summed E-state index contributed by atoms with van der Waals surface area (Å²) in [6.45, 7) is 11.8. The van der Waals surface area contributed by atoms with Gasteiger partial charge in [0.05, 0.1) is 19.6 Å². The Morgan fingerprint density at radius 2 is 1.82 bits per heavy atom. The molecule has 1 heterocycles. The number of ether oxygens (including phenoxy) is 3. The third-order valence-electron chi connectivity index (χ3n) is 6.08. The average Bonchev–Trinajstić information content (AvgIpc) is 2.92. The number of likely N-dealkylation sites (N-methyl/N-ethyl adjacent to an activating group) is 1. The van der Waals surface area contributed by atoms with Crippen LogP contribution in [0.5, 0.6) is 17.2 Å². The van der Waals surface area contributed by atoms with E-state index in [4.69, 9.17) is 14.2 Å². The van der Waals surface area contributed by atoms with E-state index >= 15 is 0 Å². The van der Waals surface area contributed by atoms with Crippen molar-refractivity contribution in [3.05, 3.63) is 71.8 Å². The van der Waals surface area contributed by atoms with Crippen LogP contribution in [0.25, 0.3) is 11.1 Å². The molecule has 0 fully saturated rings. The third kappa shape index (κ3) is 10.2. The van der Waals surface area contributed by atoms with Crippen molar-refractivity contribution >= 4 is 5.91 Å². The number of nitrogens with one attached hydrogen (secondary N) is 1. The Hall–Kier alpha value is -3.65. The normalized spacial score (nSPS) is 11.1. The summed E-state index contributed by atoms with van der Waals surface area (Å²) in [7, 11) is 2.08. The highest BCUT2D eigenvalue weighted by Crippen LogP contribution is 2.33. The van der Waals surface area contributed by atoms with Crippen LogP contribution in [0.3, 0.4) is 0 Å². The first-order chi connectivity index (χ1) is 19.3. The number of nitrogens with zero attached hydrogens (tertiary/aromatic N) is 2. The van der Waals surface area contributed by atoms with Gasteiger partial charge in [0.15, 0.2) is 0 Å². The van der Waals surface area contributed by atoms with Crippen molar-refractivity contribution in [2.24, 2.45) is 5.92 Å². The highest BCUT2D eigenvalue weighted by molar-refractivity contribution is 5.78. The Morgan fingerprint density at radius 3 is 2.52 bits per heavy atom. The molecule has 8 heteroatoms. The van der Waals surface area contributed by atoms with Crippen molar-refractivity contribution in [2.75, 3.05) is 40.0 Å². The minimum absolute atomic E-state index is 0.114. The number of hydrogen-bond donors (Lipinski definition) is 1. The maximum absolute atomic E-state index is 14.0. The topological polar surface area (TPSA) is 72.9 Å². The molecular formula is C32H42FN3O4. The summed E-state index contributed by atoms with van der Waals surface area (Å²) < 4.78 is 31.5. The number of carbonyl (C=O) groups excluding carboxylic acids is 1. The van der Waals surface area contributed by atoms with Crippen LogP contribution in [0.15, 0.2) is 54.7 Å². The number of benzene rings is 2. The molecule has 0 unspecified atom stereocenters. The highest BCUT2D eigenvalue weighted by Gasteiger charge is 2.12. The van der Waals surface area contributed by atoms with Crippen LogP contribution in [0, 0.1) is 11.7 Å². The van der Waals surface area contributed by atoms with Crippen molar-refractivity contribution in [3.8, 4) is 28.4 Å². The van der Waals surface area contributed by atoms with Crippen LogP contribution in [-0.4, -0.2) is 55.7 Å². The van der Waals surface area contributed by atoms with Gasteiger partial charge in [0.25, 0.3) is 0 Å². The van der Waals surface area contributed by atoms with Crippen molar-refractivity contribution in [1.29, 1.82) is 0 Å². The first-order valence-electron chi connectivity index (χ1n) is 14.0. The van der Waals surface area contributed by atoms with Crippen LogP contribution in [0.4, 0.5) is 4.39 Å². The lowest BCUT2D eigenvalue weighted by molar-refractivity contribution is -0.120. The molecule has 3 aromatic rings. The number of pyridine rings is 1. The molecule has 0 saturated heterocycles. The lowest BCUT2D eigenvalue weighted by Crippen LogP contribution is -2.25. The molecule has 0 radical (unpaired) electrons. The zero-order valence-corrected chi connectivity index (χ0v) is 24.3. The van der Waals surface area contributed by atoms with E-state index < -0.39 is 5.82 Å². The summed E-state index contributed by atoms with van der Waals surface area (Å²) in [5.41, 5.74) is 3.07. The number of aromatic nitrogens is 1. The van der Waals surface area contributed by atoms with Gasteiger partial charge in [0, 0.05) is 48.2 Å². The van der Waals surface area contributed by atoms with Gasteiger partial charge < -0.3 is 24.4 Å². The fourth-order valence-electron chi connectivity index (χ4n) is 4.11. The minimum Gasteiger partial charge on any atom is -0.494 e. The second-order valence-electron chi connectivity index (χ2n) is 10.2.